The van der Waals surface area contributed by atoms with Crippen LogP contribution in [0, 0.1) is 6.92 Å². The number of hydrogen-bond donors (Lipinski definition) is 0. The van der Waals surface area contributed by atoms with Gasteiger partial charge in [-0.15, -0.1) is 0 Å². The van der Waals surface area contributed by atoms with Gasteiger partial charge in [0.15, 0.2) is 0 Å². The van der Waals surface area contributed by atoms with E-state index in [2.05, 4.69) is 24.0 Å². The van der Waals surface area contributed by atoms with E-state index in [9.17, 15) is 0 Å². The molecule has 0 aromatic carbocycles. The molecule has 0 amide bonds. The summed E-state index contributed by atoms with van der Waals surface area (Å²) in [6, 6.07) is 0. The largest absolute Gasteiger partial charge is 0 e. The second kappa shape index (κ2) is 26.0. The fourth-order valence-electron chi connectivity index (χ4n) is 0. The average Bonchev–Trinajstić information content (AvgIpc) is 1.72. The van der Waals surface area contributed by atoms with Gasteiger partial charge in [0.2, 0.25) is 0 Å². The molecule has 0 rings (SSSR count). The van der Waals surface area contributed by atoms with Crippen molar-refractivity contribution in [3.8, 4) is 0 Å². The summed E-state index contributed by atoms with van der Waals surface area (Å²) in [7, 11) is 4.21. The first-order valence-corrected chi connectivity index (χ1v) is 6.21. The third-order valence-corrected chi connectivity index (χ3v) is 0.354. The Morgan fingerprint density at radius 3 is 1.71 bits per heavy atom. The maximum atomic E-state index is 4.21. The summed E-state index contributed by atoms with van der Waals surface area (Å²) in [6.07, 6.45) is 2.28. The van der Waals surface area contributed by atoms with E-state index in [1.165, 1.54) is 6.42 Å². The van der Waals surface area contributed by atoms with Crippen LogP contribution in [0.5, 0.6) is 0 Å². The second-order valence-electron chi connectivity index (χ2n) is 0.854. The van der Waals surface area contributed by atoms with Crippen LogP contribution < -0.4 is 0 Å². The first-order chi connectivity index (χ1) is 2.91. The van der Waals surface area contributed by atoms with Crippen molar-refractivity contribution in [3.05, 3.63) is 6.92 Å². The minimum atomic E-state index is 0. The van der Waals surface area contributed by atoms with E-state index in [4.69, 9.17) is 0 Å². The summed E-state index contributed by atoms with van der Waals surface area (Å²) >= 11 is 0.958. The van der Waals surface area contributed by atoms with Crippen molar-refractivity contribution in [2.24, 2.45) is 0 Å². The van der Waals surface area contributed by atoms with Crippen LogP contribution >= 0.6 is 10.1 Å². The van der Waals surface area contributed by atoms with Gasteiger partial charge >= 0.3 is 26.7 Å². The molecule has 0 spiro atoms. The molecule has 3 heteroatoms. The molecule has 35 valence electrons. The Bertz CT molecular complexity index is 17.2. The maximum Gasteiger partial charge on any atom is 0 e. The molecule has 0 fully saturated rings. The van der Waals surface area contributed by atoms with Crippen molar-refractivity contribution in [1.29, 1.82) is 0 Å². The molecule has 0 aliphatic carbocycles. The van der Waals surface area contributed by atoms with Crippen LogP contribution in [-0.2, 0) is 36.0 Å². The summed E-state index contributed by atoms with van der Waals surface area (Å²) < 4.78 is 0. The van der Waals surface area contributed by atoms with Crippen LogP contribution in [0.25, 0.3) is 0 Å². The first-order valence-electron chi connectivity index (χ1n) is 2.00. The predicted octanol–water partition coefficient (Wildman–Crippen LogP) is 2.26. The van der Waals surface area contributed by atoms with Gasteiger partial charge in [-0.1, -0.05) is 26.7 Å². The van der Waals surface area contributed by atoms with Crippen LogP contribution in [0.3, 0.4) is 0 Å². The molecular weight excluding hydrogens is 211 g/mol. The Balaban J connectivity index is -0.0000000480. The molecule has 0 saturated heterocycles. The van der Waals surface area contributed by atoms with E-state index < -0.39 is 0 Å². The Labute approximate surface area is 72.5 Å². The smallest absolute Gasteiger partial charge is 0 e. The fraction of sp³-hybridized carbons (Fsp3) is 0.750. The Hall–Kier alpha value is 1.47. The maximum absolute atomic E-state index is 4.21. The minimum absolute atomic E-state index is 0. The van der Waals surface area contributed by atoms with Crippen LogP contribution in [0.1, 0.15) is 19.8 Å². The molecule has 0 saturated carbocycles. The minimum Gasteiger partial charge on any atom is 0 e. The van der Waals surface area contributed by atoms with Crippen LogP contribution in [0.4, 0.5) is 0 Å². The van der Waals surface area contributed by atoms with E-state index in [0.717, 1.165) is 23.0 Å². The monoisotopic (exact) mass is 217 g/mol. The van der Waals surface area contributed by atoms with Gasteiger partial charge in [0.05, 0.1) is 0 Å². The number of rotatable bonds is 1. The standard InChI is InChI=1S/C4H9.S.2Zn/c1-3-4-2;;;/h1,3-4H2,2H3;;;. The van der Waals surface area contributed by atoms with Gasteiger partial charge in [-0.25, -0.2) is 0 Å². The second-order valence-corrected chi connectivity index (χ2v) is 0.854. The van der Waals surface area contributed by atoms with E-state index in [-0.39, 0.29) is 19.5 Å². The summed E-state index contributed by atoms with van der Waals surface area (Å²) in [5.41, 5.74) is 0. The molecule has 0 aliphatic heterocycles. The molecule has 0 nitrogen and oxygen atoms in total. The molecule has 0 aromatic rings. The number of unbranched alkanes of at least 4 members (excludes halogenated alkanes) is 1. The normalized spacial score (nSPS) is 5.14. The van der Waals surface area contributed by atoms with Crippen LogP contribution in [0.2, 0.25) is 0 Å². The van der Waals surface area contributed by atoms with Gasteiger partial charge in [0.1, 0.15) is 0 Å². The molecule has 1 radical (unpaired) electrons. The summed E-state index contributed by atoms with van der Waals surface area (Å²) in [6.45, 7) is 5.72. The zero-order valence-corrected chi connectivity index (χ0v) is 11.7. The molecule has 0 heterocycles. The van der Waals surface area contributed by atoms with Crippen molar-refractivity contribution in [3.63, 3.8) is 0 Å². The van der Waals surface area contributed by atoms with Gasteiger partial charge in [-0.05, 0) is 0 Å². The molecule has 0 aromatic heterocycles. The van der Waals surface area contributed by atoms with E-state index in [0.29, 0.717) is 0 Å². The van der Waals surface area contributed by atoms with Crippen molar-refractivity contribution in [2.45, 2.75) is 19.8 Å². The predicted molar refractivity (Wildman–Crippen MR) is 27.9 cm³/mol. The van der Waals surface area contributed by atoms with Gasteiger partial charge in [-0.3, -0.25) is 0 Å². The Morgan fingerprint density at radius 1 is 1.57 bits per heavy atom. The SMILES string of the molecule is [CH2]CCC.[S]=[Zn].[Zn]. The van der Waals surface area contributed by atoms with Crippen molar-refractivity contribution >= 4 is 10.1 Å². The average molecular weight is 220 g/mol. The molecular formula is C4H9SZn2. The van der Waals surface area contributed by atoms with E-state index in [1.807, 2.05) is 0 Å². The van der Waals surface area contributed by atoms with Crippen molar-refractivity contribution in [1.82, 2.24) is 0 Å². The fourth-order valence-corrected chi connectivity index (χ4v) is 0. The summed E-state index contributed by atoms with van der Waals surface area (Å²) in [4.78, 5) is 0. The third-order valence-electron chi connectivity index (χ3n) is 0.354. The molecule has 0 atom stereocenters. The summed E-state index contributed by atoms with van der Waals surface area (Å²) in [5, 5.41) is 0. The zero-order chi connectivity index (χ0) is 5.41. The topological polar surface area (TPSA) is 0 Å². The van der Waals surface area contributed by atoms with Gasteiger partial charge < -0.3 is 0 Å². The van der Waals surface area contributed by atoms with Crippen molar-refractivity contribution < 1.29 is 36.0 Å². The van der Waals surface area contributed by atoms with Gasteiger partial charge in [-0.2, -0.15) is 0 Å². The van der Waals surface area contributed by atoms with Gasteiger partial charge in [0, 0.05) is 19.5 Å². The molecule has 0 bridgehead atoms. The van der Waals surface area contributed by atoms with E-state index >= 15 is 0 Å². The van der Waals surface area contributed by atoms with Crippen molar-refractivity contribution in [2.75, 3.05) is 0 Å². The molecule has 0 N–H and O–H groups in total. The Morgan fingerprint density at radius 2 is 1.71 bits per heavy atom. The molecule has 7 heavy (non-hydrogen) atoms. The molecule has 0 unspecified atom stereocenters. The summed E-state index contributed by atoms with van der Waals surface area (Å²) in [5.74, 6) is 0. The number of hydrogen-bond acceptors (Lipinski definition) is 1. The van der Waals surface area contributed by atoms with Crippen LogP contribution in [-0.4, -0.2) is 0 Å². The third kappa shape index (κ3) is 36.7. The Kier molecular flexibility index (Phi) is 58.6. The quantitative estimate of drug-likeness (QED) is 0.610. The first kappa shape index (κ1) is 15.8. The van der Waals surface area contributed by atoms with E-state index in [1.54, 1.807) is 0 Å². The molecule has 0 aliphatic rings. The zero-order valence-electron chi connectivity index (χ0n) is 4.94. The van der Waals surface area contributed by atoms with Gasteiger partial charge in [0.25, 0.3) is 0 Å². The van der Waals surface area contributed by atoms with Crippen LogP contribution in [0.15, 0.2) is 0 Å².